The van der Waals surface area contributed by atoms with E-state index < -0.39 is 5.82 Å². The van der Waals surface area contributed by atoms with Gasteiger partial charge in [-0.3, -0.25) is 9.48 Å². The van der Waals surface area contributed by atoms with Crippen LogP contribution in [0.2, 0.25) is 0 Å². The van der Waals surface area contributed by atoms with Gasteiger partial charge >= 0.3 is 0 Å². The Morgan fingerprint density at radius 1 is 1.15 bits per heavy atom. The van der Waals surface area contributed by atoms with Gasteiger partial charge in [0, 0.05) is 24.2 Å². The summed E-state index contributed by atoms with van der Waals surface area (Å²) in [6.45, 7) is 1.84. The van der Waals surface area contributed by atoms with E-state index in [-0.39, 0.29) is 11.6 Å². The number of para-hydroxylation sites is 1. The Kier molecular flexibility index (Phi) is 4.16. The summed E-state index contributed by atoms with van der Waals surface area (Å²) in [5.74, 6) is -0.858. The van der Waals surface area contributed by atoms with Gasteiger partial charge in [0.25, 0.3) is 5.91 Å². The van der Waals surface area contributed by atoms with Crippen molar-refractivity contribution in [1.82, 2.24) is 14.8 Å². The van der Waals surface area contributed by atoms with Crippen LogP contribution in [0, 0.1) is 12.7 Å². The van der Waals surface area contributed by atoms with Crippen molar-refractivity contribution in [3.8, 4) is 11.3 Å². The Labute approximate surface area is 155 Å². The van der Waals surface area contributed by atoms with Crippen LogP contribution in [0.3, 0.4) is 0 Å². The molecule has 0 aliphatic rings. The van der Waals surface area contributed by atoms with Crippen LogP contribution in [0.25, 0.3) is 22.2 Å². The number of aromatic nitrogens is 3. The number of benzene rings is 2. The normalized spacial score (nSPS) is 10.9. The second-order valence-corrected chi connectivity index (χ2v) is 6.41. The molecule has 0 spiro atoms. The molecule has 1 N–H and O–H groups in total. The van der Waals surface area contributed by atoms with Crippen molar-refractivity contribution in [2.24, 2.45) is 7.05 Å². The van der Waals surface area contributed by atoms with E-state index in [9.17, 15) is 9.18 Å². The lowest BCUT2D eigenvalue weighted by Crippen LogP contribution is -2.14. The SMILES string of the molecule is Cc1ccc(F)c(NC(=O)c2cc(-c3cnn(C)c3)nc3ccccc23)c1. The van der Waals surface area contributed by atoms with Crippen molar-refractivity contribution in [3.05, 3.63) is 77.9 Å². The summed E-state index contributed by atoms with van der Waals surface area (Å²) in [5, 5.41) is 7.55. The first-order valence-corrected chi connectivity index (χ1v) is 8.47. The second kappa shape index (κ2) is 6.64. The number of hydrogen-bond acceptors (Lipinski definition) is 3. The van der Waals surface area contributed by atoms with Gasteiger partial charge in [0.2, 0.25) is 0 Å². The summed E-state index contributed by atoms with van der Waals surface area (Å²) in [6.07, 6.45) is 3.53. The number of aryl methyl sites for hydroxylation is 2. The second-order valence-electron chi connectivity index (χ2n) is 6.41. The van der Waals surface area contributed by atoms with E-state index in [0.717, 1.165) is 11.1 Å². The molecule has 0 fully saturated rings. The van der Waals surface area contributed by atoms with Gasteiger partial charge in [-0.1, -0.05) is 24.3 Å². The lowest BCUT2D eigenvalue weighted by atomic mass is 10.0. The van der Waals surface area contributed by atoms with Gasteiger partial charge in [-0.15, -0.1) is 0 Å². The lowest BCUT2D eigenvalue weighted by molar-refractivity contribution is 0.102. The molecule has 0 saturated carbocycles. The molecule has 0 aliphatic carbocycles. The van der Waals surface area contributed by atoms with E-state index in [4.69, 9.17) is 0 Å². The molecular formula is C21H17FN4O. The summed E-state index contributed by atoms with van der Waals surface area (Å²) >= 11 is 0. The van der Waals surface area contributed by atoms with Crippen LogP contribution < -0.4 is 5.32 Å². The fraction of sp³-hybridized carbons (Fsp3) is 0.0952. The molecule has 2 aromatic carbocycles. The van der Waals surface area contributed by atoms with Crippen LogP contribution in [-0.2, 0) is 7.05 Å². The average molecular weight is 360 g/mol. The first kappa shape index (κ1) is 16.9. The highest BCUT2D eigenvalue weighted by atomic mass is 19.1. The molecule has 0 bridgehead atoms. The van der Waals surface area contributed by atoms with E-state index in [1.54, 1.807) is 29.1 Å². The number of rotatable bonds is 3. The summed E-state index contributed by atoms with van der Waals surface area (Å²) in [6, 6.07) is 13.7. The van der Waals surface area contributed by atoms with Crippen molar-refractivity contribution >= 4 is 22.5 Å². The van der Waals surface area contributed by atoms with Gasteiger partial charge in [0.1, 0.15) is 5.82 Å². The molecule has 0 radical (unpaired) electrons. The number of carbonyl (C=O) groups is 1. The van der Waals surface area contributed by atoms with Crippen molar-refractivity contribution in [2.75, 3.05) is 5.32 Å². The van der Waals surface area contributed by atoms with Crippen LogP contribution in [0.1, 0.15) is 15.9 Å². The van der Waals surface area contributed by atoms with E-state index >= 15 is 0 Å². The van der Waals surface area contributed by atoms with Gasteiger partial charge in [0.05, 0.1) is 28.7 Å². The average Bonchev–Trinajstić information content (AvgIpc) is 3.10. The molecule has 27 heavy (non-hydrogen) atoms. The highest BCUT2D eigenvalue weighted by Crippen LogP contribution is 2.26. The summed E-state index contributed by atoms with van der Waals surface area (Å²) in [7, 11) is 1.82. The van der Waals surface area contributed by atoms with E-state index in [0.29, 0.717) is 22.2 Å². The van der Waals surface area contributed by atoms with Crippen LogP contribution >= 0.6 is 0 Å². The van der Waals surface area contributed by atoms with Crippen LogP contribution in [0.5, 0.6) is 0 Å². The van der Waals surface area contributed by atoms with Crippen molar-refractivity contribution in [1.29, 1.82) is 0 Å². The zero-order chi connectivity index (χ0) is 19.0. The largest absolute Gasteiger partial charge is 0.319 e. The molecule has 5 nitrogen and oxygen atoms in total. The Bertz CT molecular complexity index is 1170. The van der Waals surface area contributed by atoms with Crippen molar-refractivity contribution in [3.63, 3.8) is 0 Å². The molecular weight excluding hydrogens is 343 g/mol. The van der Waals surface area contributed by atoms with Gasteiger partial charge in [-0.05, 0) is 36.8 Å². The first-order chi connectivity index (χ1) is 13.0. The van der Waals surface area contributed by atoms with Gasteiger partial charge in [0.15, 0.2) is 0 Å². The fourth-order valence-electron chi connectivity index (χ4n) is 2.99. The lowest BCUT2D eigenvalue weighted by Gasteiger charge is -2.11. The standard InChI is InChI=1S/C21H17FN4O/c1-13-7-8-17(22)20(9-13)25-21(27)16-10-19(14-11-23-26(2)12-14)24-18-6-4-3-5-15(16)18/h3-12H,1-2H3,(H,25,27). The summed E-state index contributed by atoms with van der Waals surface area (Å²) in [4.78, 5) is 17.6. The van der Waals surface area contributed by atoms with Gasteiger partial charge in [-0.25, -0.2) is 9.37 Å². The Balaban J connectivity index is 1.82. The van der Waals surface area contributed by atoms with Crippen molar-refractivity contribution in [2.45, 2.75) is 6.92 Å². The third kappa shape index (κ3) is 3.29. The van der Waals surface area contributed by atoms with E-state index in [1.807, 2.05) is 44.4 Å². The number of pyridine rings is 1. The molecule has 0 atom stereocenters. The topological polar surface area (TPSA) is 59.8 Å². The number of fused-ring (bicyclic) bond motifs is 1. The Hall–Kier alpha value is -3.54. The number of anilines is 1. The highest BCUT2D eigenvalue weighted by Gasteiger charge is 2.16. The minimum Gasteiger partial charge on any atom is -0.319 e. The van der Waals surface area contributed by atoms with Crippen LogP contribution in [-0.4, -0.2) is 20.7 Å². The molecule has 0 saturated heterocycles. The quantitative estimate of drug-likeness (QED) is 0.591. The maximum atomic E-state index is 14.1. The number of halogens is 1. The number of carbonyl (C=O) groups excluding carboxylic acids is 1. The smallest absolute Gasteiger partial charge is 0.256 e. The molecule has 0 aliphatic heterocycles. The van der Waals surface area contributed by atoms with E-state index in [1.165, 1.54) is 6.07 Å². The maximum Gasteiger partial charge on any atom is 0.256 e. The van der Waals surface area contributed by atoms with Gasteiger partial charge < -0.3 is 5.32 Å². The Morgan fingerprint density at radius 3 is 2.74 bits per heavy atom. The number of amides is 1. The van der Waals surface area contributed by atoms with Crippen molar-refractivity contribution < 1.29 is 9.18 Å². The molecule has 4 rings (SSSR count). The predicted molar refractivity (Wildman–Crippen MR) is 103 cm³/mol. The van der Waals surface area contributed by atoms with Crippen LogP contribution in [0.4, 0.5) is 10.1 Å². The minimum atomic E-state index is -0.472. The van der Waals surface area contributed by atoms with Gasteiger partial charge in [-0.2, -0.15) is 5.10 Å². The molecule has 0 unspecified atom stereocenters. The fourth-order valence-corrected chi connectivity index (χ4v) is 2.99. The summed E-state index contributed by atoms with van der Waals surface area (Å²) in [5.41, 5.74) is 3.58. The number of hydrogen-bond donors (Lipinski definition) is 1. The molecule has 2 aromatic heterocycles. The third-order valence-electron chi connectivity index (χ3n) is 4.33. The highest BCUT2D eigenvalue weighted by molar-refractivity contribution is 6.13. The number of nitrogens with zero attached hydrogens (tertiary/aromatic N) is 3. The molecule has 2 heterocycles. The van der Waals surface area contributed by atoms with Crippen LogP contribution in [0.15, 0.2) is 60.9 Å². The molecule has 134 valence electrons. The third-order valence-corrected chi connectivity index (χ3v) is 4.33. The Morgan fingerprint density at radius 2 is 1.96 bits per heavy atom. The molecule has 1 amide bonds. The molecule has 4 aromatic rings. The van der Waals surface area contributed by atoms with E-state index in [2.05, 4.69) is 15.4 Å². The predicted octanol–water partition coefficient (Wildman–Crippen LogP) is 4.34. The monoisotopic (exact) mass is 360 g/mol. The minimum absolute atomic E-state index is 0.156. The maximum absolute atomic E-state index is 14.1. The zero-order valence-electron chi connectivity index (χ0n) is 14.9. The summed E-state index contributed by atoms with van der Waals surface area (Å²) < 4.78 is 15.7. The molecule has 6 heteroatoms. The number of nitrogens with one attached hydrogen (secondary N) is 1. The zero-order valence-corrected chi connectivity index (χ0v) is 14.9. The first-order valence-electron chi connectivity index (χ1n) is 8.47.